The van der Waals surface area contributed by atoms with E-state index in [-0.39, 0.29) is 24.1 Å². The van der Waals surface area contributed by atoms with Gasteiger partial charge in [-0.3, -0.25) is 4.79 Å². The minimum absolute atomic E-state index is 0.0447. The molecule has 24 heavy (non-hydrogen) atoms. The lowest BCUT2D eigenvalue weighted by Gasteiger charge is -2.40. The molecule has 5 nitrogen and oxygen atoms in total. The number of furan rings is 1. The molecule has 126 valence electrons. The van der Waals surface area contributed by atoms with Crippen LogP contribution in [0.4, 0.5) is 0 Å². The molecule has 1 saturated carbocycles. The van der Waals surface area contributed by atoms with Gasteiger partial charge in [-0.25, -0.2) is 0 Å². The second-order valence-corrected chi connectivity index (χ2v) is 6.77. The number of nitrogens with one attached hydrogen (secondary N) is 1. The van der Waals surface area contributed by atoms with Gasteiger partial charge in [-0.2, -0.15) is 0 Å². The minimum atomic E-state index is -0.134. The van der Waals surface area contributed by atoms with Crippen LogP contribution in [-0.4, -0.2) is 11.5 Å². The molecule has 0 saturated heterocycles. The van der Waals surface area contributed by atoms with Crippen LogP contribution in [0.25, 0.3) is 0 Å². The summed E-state index contributed by atoms with van der Waals surface area (Å²) in [6, 6.07) is 9.65. The Labute approximate surface area is 141 Å². The molecule has 3 N–H and O–H groups in total. The second-order valence-electron chi connectivity index (χ2n) is 6.77. The Kier molecular flexibility index (Phi) is 3.81. The van der Waals surface area contributed by atoms with Gasteiger partial charge >= 0.3 is 0 Å². The number of rotatable bonds is 3. The van der Waals surface area contributed by atoms with Crippen LogP contribution in [0.5, 0.6) is 5.75 Å². The molecule has 4 rings (SSSR count). The number of para-hydroxylation sites is 1. The van der Waals surface area contributed by atoms with Crippen LogP contribution in [0.15, 0.2) is 41.0 Å². The molecule has 2 aromatic rings. The van der Waals surface area contributed by atoms with Crippen molar-refractivity contribution in [3.8, 4) is 5.75 Å². The Bertz CT molecular complexity index is 747. The van der Waals surface area contributed by atoms with Gasteiger partial charge in [0, 0.05) is 12.0 Å². The topological polar surface area (TPSA) is 77.5 Å². The first-order chi connectivity index (χ1) is 11.7. The summed E-state index contributed by atoms with van der Waals surface area (Å²) in [6.07, 6.45) is 6.76. The van der Waals surface area contributed by atoms with E-state index in [0.29, 0.717) is 11.3 Å². The molecule has 1 atom stereocenters. The van der Waals surface area contributed by atoms with Gasteiger partial charge in [0.15, 0.2) is 0 Å². The molecular formula is C19H22N2O3. The molecule has 5 heteroatoms. The Morgan fingerprint density at radius 3 is 2.83 bits per heavy atom. The fraction of sp³-hybridized carbons (Fsp3) is 0.421. The number of nitrogens with two attached hydrogens (primary N) is 1. The van der Waals surface area contributed by atoms with Crippen molar-refractivity contribution < 1.29 is 13.9 Å². The third kappa shape index (κ3) is 2.69. The van der Waals surface area contributed by atoms with Crippen molar-refractivity contribution in [2.45, 2.75) is 50.3 Å². The predicted octanol–water partition coefficient (Wildman–Crippen LogP) is 3.30. The fourth-order valence-corrected chi connectivity index (χ4v) is 3.92. The first-order valence-corrected chi connectivity index (χ1v) is 8.55. The van der Waals surface area contributed by atoms with Crippen LogP contribution in [-0.2, 0) is 6.54 Å². The van der Waals surface area contributed by atoms with E-state index in [9.17, 15) is 4.79 Å². The highest BCUT2D eigenvalue weighted by Crippen LogP contribution is 2.47. The van der Waals surface area contributed by atoms with Crippen LogP contribution in [0.1, 0.15) is 59.8 Å². The van der Waals surface area contributed by atoms with E-state index in [2.05, 4.69) is 5.32 Å². The number of fused-ring (bicyclic) bond motifs is 1. The molecule has 1 amide bonds. The van der Waals surface area contributed by atoms with E-state index in [0.717, 1.165) is 30.6 Å². The third-order valence-electron chi connectivity index (χ3n) is 5.13. The summed E-state index contributed by atoms with van der Waals surface area (Å²) < 4.78 is 11.6. The van der Waals surface area contributed by atoms with E-state index in [4.69, 9.17) is 14.9 Å². The smallest absolute Gasteiger partial charge is 0.255 e. The molecule has 1 aromatic heterocycles. The van der Waals surface area contributed by atoms with Crippen LogP contribution in [0.3, 0.4) is 0 Å². The lowest BCUT2D eigenvalue weighted by Crippen LogP contribution is -2.43. The van der Waals surface area contributed by atoms with Crippen molar-refractivity contribution in [3.05, 3.63) is 53.5 Å². The first kappa shape index (κ1) is 15.3. The van der Waals surface area contributed by atoms with Crippen LogP contribution in [0.2, 0.25) is 0 Å². The van der Waals surface area contributed by atoms with Crippen molar-refractivity contribution in [1.29, 1.82) is 0 Å². The zero-order valence-corrected chi connectivity index (χ0v) is 13.6. The molecule has 0 bridgehead atoms. The van der Waals surface area contributed by atoms with Crippen molar-refractivity contribution in [2.75, 3.05) is 0 Å². The van der Waals surface area contributed by atoms with Crippen LogP contribution < -0.4 is 15.8 Å². The van der Waals surface area contributed by atoms with Crippen LogP contribution >= 0.6 is 0 Å². The maximum absolute atomic E-state index is 12.6. The van der Waals surface area contributed by atoms with Crippen molar-refractivity contribution in [1.82, 2.24) is 5.32 Å². The molecule has 0 radical (unpaired) electrons. The number of hydrogen-bond donors (Lipinski definition) is 2. The van der Waals surface area contributed by atoms with Crippen LogP contribution in [0, 0.1) is 0 Å². The average molecular weight is 326 g/mol. The van der Waals surface area contributed by atoms with Crippen molar-refractivity contribution in [2.24, 2.45) is 5.73 Å². The molecule has 2 aliphatic rings. The summed E-state index contributed by atoms with van der Waals surface area (Å²) in [6.45, 7) is 0.288. The molecule has 1 aliphatic carbocycles. The zero-order chi connectivity index (χ0) is 16.6. The Morgan fingerprint density at radius 2 is 2.08 bits per heavy atom. The Balaban J connectivity index is 1.60. The molecule has 1 aliphatic heterocycles. The predicted molar refractivity (Wildman–Crippen MR) is 89.7 cm³/mol. The maximum Gasteiger partial charge on any atom is 0.255 e. The molecule has 1 aromatic carbocycles. The van der Waals surface area contributed by atoms with E-state index < -0.39 is 0 Å². The number of amides is 1. The normalized spacial score (nSPS) is 21.3. The third-order valence-corrected chi connectivity index (χ3v) is 5.13. The van der Waals surface area contributed by atoms with E-state index in [1.165, 1.54) is 19.1 Å². The van der Waals surface area contributed by atoms with Gasteiger partial charge in [0.1, 0.15) is 23.4 Å². The fourth-order valence-electron chi connectivity index (χ4n) is 3.92. The van der Waals surface area contributed by atoms with E-state index in [1.54, 1.807) is 6.07 Å². The summed E-state index contributed by atoms with van der Waals surface area (Å²) in [4.78, 5) is 12.6. The van der Waals surface area contributed by atoms with Gasteiger partial charge < -0.3 is 20.2 Å². The summed E-state index contributed by atoms with van der Waals surface area (Å²) in [7, 11) is 0. The van der Waals surface area contributed by atoms with Gasteiger partial charge in [0.05, 0.1) is 18.2 Å². The summed E-state index contributed by atoms with van der Waals surface area (Å²) in [5.74, 6) is 1.37. The van der Waals surface area contributed by atoms with Crippen molar-refractivity contribution in [3.63, 3.8) is 0 Å². The highest BCUT2D eigenvalue weighted by molar-refractivity contribution is 5.94. The van der Waals surface area contributed by atoms with E-state index >= 15 is 0 Å². The quantitative estimate of drug-likeness (QED) is 0.907. The number of carbonyl (C=O) groups excluding carboxylic acids is 1. The standard InChI is InChI=1S/C19H22N2O3/c20-11-14-9-13(12-23-14)18(22)21-16-10-19(7-3-4-8-19)24-17-6-2-1-5-15(16)17/h1-2,5-6,9,12,16H,3-4,7-8,10-11,20H2,(H,21,22). The summed E-state index contributed by atoms with van der Waals surface area (Å²) >= 11 is 0. The number of hydrogen-bond acceptors (Lipinski definition) is 4. The summed E-state index contributed by atoms with van der Waals surface area (Å²) in [5, 5.41) is 3.16. The highest BCUT2D eigenvalue weighted by Gasteiger charge is 2.43. The first-order valence-electron chi connectivity index (χ1n) is 8.55. The lowest BCUT2D eigenvalue weighted by atomic mass is 9.86. The average Bonchev–Trinajstić information content (AvgIpc) is 3.24. The number of carbonyl (C=O) groups is 1. The zero-order valence-electron chi connectivity index (χ0n) is 13.6. The van der Waals surface area contributed by atoms with Gasteiger partial charge in [-0.05, 0) is 37.8 Å². The van der Waals surface area contributed by atoms with Gasteiger partial charge in [0.25, 0.3) is 5.91 Å². The largest absolute Gasteiger partial charge is 0.487 e. The minimum Gasteiger partial charge on any atom is -0.487 e. The van der Waals surface area contributed by atoms with Gasteiger partial charge in [0.2, 0.25) is 0 Å². The second kappa shape index (κ2) is 5.98. The summed E-state index contributed by atoms with van der Waals surface area (Å²) in [5.41, 5.74) is 6.97. The number of benzene rings is 1. The number of ether oxygens (including phenoxy) is 1. The molecule has 2 heterocycles. The maximum atomic E-state index is 12.6. The lowest BCUT2D eigenvalue weighted by molar-refractivity contribution is 0.0360. The van der Waals surface area contributed by atoms with Gasteiger partial charge in [-0.15, -0.1) is 0 Å². The van der Waals surface area contributed by atoms with Crippen molar-refractivity contribution >= 4 is 5.91 Å². The Hall–Kier alpha value is -2.27. The molecule has 1 unspecified atom stereocenters. The molecule has 1 fully saturated rings. The molecule has 1 spiro atoms. The monoisotopic (exact) mass is 326 g/mol. The molecular weight excluding hydrogens is 304 g/mol. The highest BCUT2D eigenvalue weighted by atomic mass is 16.5. The SMILES string of the molecule is NCc1cc(C(=O)NC2CC3(CCCC3)Oc3ccccc32)co1. The Morgan fingerprint density at radius 1 is 1.29 bits per heavy atom. The van der Waals surface area contributed by atoms with E-state index in [1.807, 2.05) is 24.3 Å². The van der Waals surface area contributed by atoms with Gasteiger partial charge in [-0.1, -0.05) is 18.2 Å².